The molecular formula is C11H23N3O3. The minimum absolute atomic E-state index is 0.0643. The number of amides is 2. The largest absolute Gasteiger partial charge is 0.481 e. The van der Waals surface area contributed by atoms with Crippen molar-refractivity contribution in [2.75, 3.05) is 20.6 Å². The molecule has 0 aromatic rings. The van der Waals surface area contributed by atoms with Crippen molar-refractivity contribution in [3.05, 3.63) is 0 Å². The molecule has 0 bridgehead atoms. The van der Waals surface area contributed by atoms with E-state index in [9.17, 15) is 9.59 Å². The van der Waals surface area contributed by atoms with Crippen LogP contribution in [0.4, 0.5) is 4.79 Å². The molecule has 0 aromatic heterocycles. The predicted octanol–water partition coefficient (Wildman–Crippen LogP) is 0.489. The molecule has 6 nitrogen and oxygen atoms in total. The van der Waals surface area contributed by atoms with E-state index in [1.165, 1.54) is 0 Å². The van der Waals surface area contributed by atoms with Gasteiger partial charge in [0.2, 0.25) is 0 Å². The standard InChI is InChI=1S/C11H23N3O3/c1-8(5-6-14(3)4)12-11(17)13-9(2)7-10(15)16/h8-9H,5-7H2,1-4H3,(H,15,16)(H2,12,13,17). The van der Waals surface area contributed by atoms with E-state index in [0.29, 0.717) is 0 Å². The second-order valence-corrected chi connectivity index (χ2v) is 4.61. The van der Waals surface area contributed by atoms with Crippen LogP contribution in [0.2, 0.25) is 0 Å². The number of aliphatic carboxylic acids is 1. The first kappa shape index (κ1) is 15.7. The van der Waals surface area contributed by atoms with Gasteiger partial charge in [-0.3, -0.25) is 4.79 Å². The van der Waals surface area contributed by atoms with Crippen LogP contribution in [-0.2, 0) is 4.79 Å². The molecule has 0 aliphatic rings. The Hall–Kier alpha value is -1.30. The molecule has 0 rings (SSSR count). The minimum Gasteiger partial charge on any atom is -0.481 e. The second kappa shape index (κ2) is 7.89. The summed E-state index contributed by atoms with van der Waals surface area (Å²) in [5, 5.41) is 13.9. The molecule has 2 unspecified atom stereocenters. The van der Waals surface area contributed by atoms with Gasteiger partial charge in [-0.15, -0.1) is 0 Å². The number of nitrogens with one attached hydrogen (secondary N) is 2. The molecule has 2 amide bonds. The molecule has 0 heterocycles. The fraction of sp³-hybridized carbons (Fsp3) is 0.818. The molecule has 6 heteroatoms. The van der Waals surface area contributed by atoms with Crippen molar-refractivity contribution in [3.63, 3.8) is 0 Å². The van der Waals surface area contributed by atoms with Crippen LogP contribution in [0.15, 0.2) is 0 Å². The summed E-state index contributed by atoms with van der Waals surface area (Å²) in [6, 6.07) is -0.618. The minimum atomic E-state index is -0.918. The van der Waals surface area contributed by atoms with Crippen LogP contribution in [0.5, 0.6) is 0 Å². The molecule has 0 fully saturated rings. The third kappa shape index (κ3) is 9.62. The zero-order valence-corrected chi connectivity index (χ0v) is 11.0. The maximum Gasteiger partial charge on any atom is 0.315 e. The highest BCUT2D eigenvalue weighted by atomic mass is 16.4. The summed E-state index contributed by atoms with van der Waals surface area (Å²) in [7, 11) is 3.95. The highest BCUT2D eigenvalue weighted by Crippen LogP contribution is 1.94. The third-order valence-corrected chi connectivity index (χ3v) is 2.25. The molecule has 2 atom stereocenters. The van der Waals surface area contributed by atoms with Crippen LogP contribution in [0, 0.1) is 0 Å². The SMILES string of the molecule is CC(CCN(C)C)NC(=O)NC(C)CC(=O)O. The molecule has 0 saturated heterocycles. The number of carbonyl (C=O) groups excluding carboxylic acids is 1. The lowest BCUT2D eigenvalue weighted by molar-refractivity contribution is -0.137. The van der Waals surface area contributed by atoms with Crippen LogP contribution >= 0.6 is 0 Å². The van der Waals surface area contributed by atoms with Gasteiger partial charge >= 0.3 is 12.0 Å². The van der Waals surface area contributed by atoms with Gasteiger partial charge in [-0.1, -0.05) is 0 Å². The molecular weight excluding hydrogens is 222 g/mol. The number of nitrogens with zero attached hydrogens (tertiary/aromatic N) is 1. The van der Waals surface area contributed by atoms with Crippen LogP contribution < -0.4 is 10.6 Å². The van der Waals surface area contributed by atoms with Crippen LogP contribution in [0.1, 0.15) is 26.7 Å². The summed E-state index contributed by atoms with van der Waals surface area (Å²) < 4.78 is 0. The molecule has 0 aliphatic carbocycles. The van der Waals surface area contributed by atoms with Crippen molar-refractivity contribution >= 4 is 12.0 Å². The summed E-state index contributed by atoms with van der Waals surface area (Å²) in [4.78, 5) is 23.9. The Morgan fingerprint density at radius 1 is 1.18 bits per heavy atom. The van der Waals surface area contributed by atoms with Gasteiger partial charge in [-0.05, 0) is 40.9 Å². The maximum absolute atomic E-state index is 11.5. The Labute approximate surface area is 102 Å². The van der Waals surface area contributed by atoms with Crippen molar-refractivity contribution in [1.29, 1.82) is 0 Å². The van der Waals surface area contributed by atoms with Crippen molar-refractivity contribution < 1.29 is 14.7 Å². The smallest absolute Gasteiger partial charge is 0.315 e. The van der Waals surface area contributed by atoms with E-state index in [-0.39, 0.29) is 24.5 Å². The van der Waals surface area contributed by atoms with Gasteiger partial charge in [0.05, 0.1) is 6.42 Å². The summed E-state index contributed by atoms with van der Waals surface area (Å²) >= 11 is 0. The Morgan fingerprint density at radius 3 is 2.18 bits per heavy atom. The molecule has 3 N–H and O–H groups in total. The van der Waals surface area contributed by atoms with E-state index in [0.717, 1.165) is 13.0 Å². The maximum atomic E-state index is 11.5. The van der Waals surface area contributed by atoms with Gasteiger partial charge in [0.15, 0.2) is 0 Å². The fourth-order valence-corrected chi connectivity index (χ4v) is 1.33. The van der Waals surface area contributed by atoms with Crippen molar-refractivity contribution in [3.8, 4) is 0 Å². The van der Waals surface area contributed by atoms with Crippen LogP contribution in [0.25, 0.3) is 0 Å². The normalized spacial score (nSPS) is 14.2. The number of carbonyl (C=O) groups is 2. The van der Waals surface area contributed by atoms with E-state index >= 15 is 0 Å². The zero-order valence-electron chi connectivity index (χ0n) is 11.0. The summed E-state index contributed by atoms with van der Waals surface area (Å²) in [5.74, 6) is -0.918. The highest BCUT2D eigenvalue weighted by molar-refractivity contribution is 5.75. The van der Waals surface area contributed by atoms with Crippen molar-refractivity contribution in [2.24, 2.45) is 0 Å². The lowest BCUT2D eigenvalue weighted by Crippen LogP contribution is -2.45. The number of rotatable bonds is 7. The summed E-state index contributed by atoms with van der Waals surface area (Å²) in [6.45, 7) is 4.48. The molecule has 17 heavy (non-hydrogen) atoms. The molecule has 0 aliphatic heterocycles. The number of carboxylic acids is 1. The second-order valence-electron chi connectivity index (χ2n) is 4.61. The molecule has 100 valence electrons. The van der Waals surface area contributed by atoms with Gasteiger partial charge in [0.1, 0.15) is 0 Å². The molecule has 0 aromatic carbocycles. The Bertz CT molecular complexity index is 256. The van der Waals surface area contributed by atoms with Crippen LogP contribution in [-0.4, -0.2) is 54.7 Å². The van der Waals surface area contributed by atoms with Gasteiger partial charge in [-0.2, -0.15) is 0 Å². The lowest BCUT2D eigenvalue weighted by Gasteiger charge is -2.18. The number of hydrogen-bond acceptors (Lipinski definition) is 3. The Morgan fingerprint density at radius 2 is 1.71 bits per heavy atom. The quantitative estimate of drug-likeness (QED) is 0.609. The van der Waals surface area contributed by atoms with E-state index in [4.69, 9.17) is 5.11 Å². The molecule has 0 spiro atoms. The number of carboxylic acid groups (broad SMARTS) is 1. The first-order valence-corrected chi connectivity index (χ1v) is 5.74. The van der Waals surface area contributed by atoms with Gasteiger partial charge in [0, 0.05) is 12.1 Å². The van der Waals surface area contributed by atoms with Gasteiger partial charge in [-0.25, -0.2) is 4.79 Å². The number of urea groups is 1. The molecule has 0 radical (unpaired) electrons. The Kier molecular flexibility index (Phi) is 7.29. The summed E-state index contributed by atoms with van der Waals surface area (Å²) in [6.07, 6.45) is 0.785. The average molecular weight is 245 g/mol. The lowest BCUT2D eigenvalue weighted by atomic mass is 10.2. The highest BCUT2D eigenvalue weighted by Gasteiger charge is 2.12. The number of hydrogen-bond donors (Lipinski definition) is 3. The topological polar surface area (TPSA) is 81.7 Å². The van der Waals surface area contributed by atoms with E-state index in [1.54, 1.807) is 6.92 Å². The van der Waals surface area contributed by atoms with Gasteiger partial charge in [0.25, 0.3) is 0 Å². The first-order valence-electron chi connectivity index (χ1n) is 5.74. The van der Waals surface area contributed by atoms with E-state index in [2.05, 4.69) is 10.6 Å². The zero-order chi connectivity index (χ0) is 13.4. The molecule has 0 saturated carbocycles. The first-order chi connectivity index (χ1) is 7.81. The van der Waals surface area contributed by atoms with Gasteiger partial charge < -0.3 is 20.6 Å². The monoisotopic (exact) mass is 245 g/mol. The fourth-order valence-electron chi connectivity index (χ4n) is 1.33. The van der Waals surface area contributed by atoms with Crippen molar-refractivity contribution in [1.82, 2.24) is 15.5 Å². The third-order valence-electron chi connectivity index (χ3n) is 2.25. The van der Waals surface area contributed by atoms with Crippen LogP contribution in [0.3, 0.4) is 0 Å². The average Bonchev–Trinajstić information content (AvgIpc) is 2.12. The van der Waals surface area contributed by atoms with E-state index < -0.39 is 5.97 Å². The predicted molar refractivity (Wildman–Crippen MR) is 66.0 cm³/mol. The van der Waals surface area contributed by atoms with Crippen molar-refractivity contribution in [2.45, 2.75) is 38.8 Å². The Balaban J connectivity index is 3.80. The van der Waals surface area contributed by atoms with E-state index in [1.807, 2.05) is 25.9 Å². The summed E-state index contributed by atoms with van der Waals surface area (Å²) in [5.41, 5.74) is 0.